The van der Waals surface area contributed by atoms with Crippen LogP contribution in [0.1, 0.15) is 22.8 Å². The van der Waals surface area contributed by atoms with E-state index in [9.17, 15) is 14.0 Å². The Balaban J connectivity index is 1.95. The molecule has 0 unspecified atom stereocenters. The Morgan fingerprint density at radius 2 is 1.84 bits per heavy atom. The van der Waals surface area contributed by atoms with E-state index in [0.717, 1.165) is 0 Å². The third kappa shape index (κ3) is 4.94. The molecule has 0 atom stereocenters. The molecule has 0 radical (unpaired) electrons. The molecule has 0 fully saturated rings. The van der Waals surface area contributed by atoms with Crippen LogP contribution in [-0.4, -0.2) is 25.5 Å². The number of nitrogens with one attached hydrogen (secondary N) is 2. The summed E-state index contributed by atoms with van der Waals surface area (Å²) in [4.78, 5) is 23.9. The summed E-state index contributed by atoms with van der Waals surface area (Å²) >= 11 is 0. The second kappa shape index (κ2) is 8.68. The zero-order valence-corrected chi connectivity index (χ0v) is 14.0. The lowest BCUT2D eigenvalue weighted by atomic mass is 10.1. The highest BCUT2D eigenvalue weighted by molar-refractivity contribution is 5.96. The minimum atomic E-state index is -0.531. The highest BCUT2D eigenvalue weighted by Crippen LogP contribution is 2.27. The van der Waals surface area contributed by atoms with Gasteiger partial charge in [-0.2, -0.15) is 0 Å². The van der Waals surface area contributed by atoms with Gasteiger partial charge in [-0.25, -0.2) is 4.39 Å². The molecule has 0 saturated carbocycles. The average molecular weight is 346 g/mol. The van der Waals surface area contributed by atoms with Crippen molar-refractivity contribution >= 4 is 11.8 Å². The number of hydrazine groups is 1. The summed E-state index contributed by atoms with van der Waals surface area (Å²) in [5.41, 5.74) is 5.07. The first-order chi connectivity index (χ1) is 12.0. The minimum absolute atomic E-state index is 0.181. The Morgan fingerprint density at radius 1 is 1.08 bits per heavy atom. The summed E-state index contributed by atoms with van der Waals surface area (Å²) < 4.78 is 24.1. The van der Waals surface area contributed by atoms with Crippen LogP contribution in [0.15, 0.2) is 42.5 Å². The normalized spacial score (nSPS) is 10.0. The fraction of sp³-hybridized carbons (Fsp3) is 0.222. The second-order valence-electron chi connectivity index (χ2n) is 5.07. The first-order valence-electron chi connectivity index (χ1n) is 7.68. The predicted octanol–water partition coefficient (Wildman–Crippen LogP) is 2.24. The number of ether oxygens (including phenoxy) is 2. The SMILES string of the molecule is CCOc1ccc(C(=O)NNC(=O)Cc2ccccc2F)cc1OC. The lowest BCUT2D eigenvalue weighted by Crippen LogP contribution is -2.42. The largest absolute Gasteiger partial charge is 0.493 e. The molecule has 0 aliphatic heterocycles. The van der Waals surface area contributed by atoms with E-state index in [1.807, 2.05) is 6.92 Å². The van der Waals surface area contributed by atoms with Crippen LogP contribution < -0.4 is 20.3 Å². The van der Waals surface area contributed by atoms with Gasteiger partial charge in [0.05, 0.1) is 20.1 Å². The molecule has 0 spiro atoms. The van der Waals surface area contributed by atoms with E-state index in [2.05, 4.69) is 10.9 Å². The Labute approximate surface area is 144 Å². The summed E-state index contributed by atoms with van der Waals surface area (Å²) in [7, 11) is 1.47. The Hall–Kier alpha value is -3.09. The van der Waals surface area contributed by atoms with Crippen molar-refractivity contribution in [2.75, 3.05) is 13.7 Å². The first-order valence-corrected chi connectivity index (χ1v) is 7.68. The second-order valence-corrected chi connectivity index (χ2v) is 5.07. The topological polar surface area (TPSA) is 76.7 Å². The van der Waals surface area contributed by atoms with Crippen molar-refractivity contribution < 1.29 is 23.5 Å². The van der Waals surface area contributed by atoms with Crippen LogP contribution in [0.3, 0.4) is 0 Å². The number of rotatable bonds is 6. The van der Waals surface area contributed by atoms with E-state index in [1.165, 1.54) is 31.4 Å². The quantitative estimate of drug-likeness (QED) is 0.787. The fourth-order valence-corrected chi connectivity index (χ4v) is 2.14. The summed E-state index contributed by atoms with van der Waals surface area (Å²) in [6, 6.07) is 10.6. The average Bonchev–Trinajstić information content (AvgIpc) is 2.62. The van der Waals surface area contributed by atoms with Gasteiger partial charge in [0.1, 0.15) is 5.82 Å². The van der Waals surface area contributed by atoms with Crippen molar-refractivity contribution in [3.8, 4) is 11.5 Å². The summed E-state index contributed by atoms with van der Waals surface area (Å²) in [5.74, 6) is -0.600. The number of amides is 2. The number of halogens is 1. The number of methoxy groups -OCH3 is 1. The molecule has 0 aliphatic carbocycles. The molecule has 25 heavy (non-hydrogen) atoms. The molecule has 2 rings (SSSR count). The highest BCUT2D eigenvalue weighted by atomic mass is 19.1. The van der Waals surface area contributed by atoms with E-state index in [-0.39, 0.29) is 17.5 Å². The van der Waals surface area contributed by atoms with Crippen LogP contribution in [0.2, 0.25) is 0 Å². The molecule has 0 aromatic heterocycles. The van der Waals surface area contributed by atoms with Crippen LogP contribution >= 0.6 is 0 Å². The maximum Gasteiger partial charge on any atom is 0.269 e. The lowest BCUT2D eigenvalue weighted by molar-refractivity contribution is -0.121. The zero-order valence-electron chi connectivity index (χ0n) is 14.0. The molecular weight excluding hydrogens is 327 g/mol. The van der Waals surface area contributed by atoms with E-state index < -0.39 is 17.6 Å². The maximum atomic E-state index is 13.5. The molecule has 2 N–H and O–H groups in total. The molecule has 2 amide bonds. The third-order valence-corrected chi connectivity index (χ3v) is 3.35. The van der Waals surface area contributed by atoms with Crippen molar-refractivity contribution in [3.05, 3.63) is 59.4 Å². The van der Waals surface area contributed by atoms with Crippen molar-refractivity contribution in [1.82, 2.24) is 10.9 Å². The number of hydrogen-bond acceptors (Lipinski definition) is 4. The number of carbonyl (C=O) groups is 2. The van der Waals surface area contributed by atoms with E-state index in [0.29, 0.717) is 18.1 Å². The molecule has 0 bridgehead atoms. The Morgan fingerprint density at radius 3 is 2.52 bits per heavy atom. The molecule has 2 aromatic rings. The molecule has 0 heterocycles. The lowest BCUT2D eigenvalue weighted by Gasteiger charge is -2.11. The Bertz CT molecular complexity index is 764. The zero-order chi connectivity index (χ0) is 18.2. The minimum Gasteiger partial charge on any atom is -0.493 e. The first kappa shape index (κ1) is 18.3. The monoisotopic (exact) mass is 346 g/mol. The van der Waals surface area contributed by atoms with Crippen molar-refractivity contribution in [3.63, 3.8) is 0 Å². The van der Waals surface area contributed by atoms with Crippen LogP contribution in [0.25, 0.3) is 0 Å². The Kier molecular flexibility index (Phi) is 6.33. The summed E-state index contributed by atoms with van der Waals surface area (Å²) in [6.45, 7) is 2.30. The fourth-order valence-electron chi connectivity index (χ4n) is 2.14. The van der Waals surface area contributed by atoms with Gasteiger partial charge < -0.3 is 9.47 Å². The number of benzene rings is 2. The number of carbonyl (C=O) groups excluding carboxylic acids is 2. The molecule has 0 saturated heterocycles. The van der Waals surface area contributed by atoms with Crippen LogP contribution in [-0.2, 0) is 11.2 Å². The van der Waals surface area contributed by atoms with Gasteiger partial charge in [-0.15, -0.1) is 0 Å². The maximum absolute atomic E-state index is 13.5. The van der Waals surface area contributed by atoms with Crippen LogP contribution in [0.5, 0.6) is 11.5 Å². The smallest absolute Gasteiger partial charge is 0.269 e. The standard InChI is InChI=1S/C18H19FN2O4/c1-3-25-15-9-8-13(10-16(15)24-2)18(23)21-20-17(22)11-12-6-4-5-7-14(12)19/h4-10H,3,11H2,1-2H3,(H,20,22)(H,21,23). The molecule has 7 heteroatoms. The number of hydrogen-bond donors (Lipinski definition) is 2. The van der Waals surface area contributed by atoms with E-state index in [4.69, 9.17) is 9.47 Å². The van der Waals surface area contributed by atoms with Gasteiger partial charge in [-0.1, -0.05) is 18.2 Å². The van der Waals surface area contributed by atoms with Gasteiger partial charge in [-0.3, -0.25) is 20.4 Å². The van der Waals surface area contributed by atoms with Crippen LogP contribution in [0, 0.1) is 5.82 Å². The van der Waals surface area contributed by atoms with Gasteiger partial charge in [0, 0.05) is 5.56 Å². The van der Waals surface area contributed by atoms with Crippen molar-refractivity contribution in [1.29, 1.82) is 0 Å². The third-order valence-electron chi connectivity index (χ3n) is 3.35. The van der Waals surface area contributed by atoms with E-state index >= 15 is 0 Å². The summed E-state index contributed by atoms with van der Waals surface area (Å²) in [6.07, 6.45) is -0.181. The van der Waals surface area contributed by atoms with Gasteiger partial charge in [0.15, 0.2) is 11.5 Å². The van der Waals surface area contributed by atoms with Gasteiger partial charge >= 0.3 is 0 Å². The van der Waals surface area contributed by atoms with Gasteiger partial charge in [0.25, 0.3) is 5.91 Å². The highest BCUT2D eigenvalue weighted by Gasteiger charge is 2.13. The van der Waals surface area contributed by atoms with Gasteiger partial charge in [0.2, 0.25) is 5.91 Å². The van der Waals surface area contributed by atoms with Gasteiger partial charge in [-0.05, 0) is 36.8 Å². The molecule has 132 valence electrons. The van der Waals surface area contributed by atoms with E-state index in [1.54, 1.807) is 18.2 Å². The molecule has 2 aromatic carbocycles. The summed E-state index contributed by atoms with van der Waals surface area (Å²) in [5, 5.41) is 0. The van der Waals surface area contributed by atoms with Crippen LogP contribution in [0.4, 0.5) is 4.39 Å². The molecule has 0 aliphatic rings. The molecule has 6 nitrogen and oxygen atoms in total. The van der Waals surface area contributed by atoms with Crippen molar-refractivity contribution in [2.24, 2.45) is 0 Å². The molecular formula is C18H19FN2O4. The van der Waals surface area contributed by atoms with Crippen molar-refractivity contribution in [2.45, 2.75) is 13.3 Å². The predicted molar refractivity (Wildman–Crippen MR) is 89.9 cm³/mol.